The van der Waals surface area contributed by atoms with E-state index in [2.05, 4.69) is 46.4 Å². The van der Waals surface area contributed by atoms with Crippen molar-refractivity contribution in [3.63, 3.8) is 0 Å². The Morgan fingerprint density at radius 1 is 1.12 bits per heavy atom. The molecule has 1 amide bonds. The standard InChI is InChI=1S/C21H24BrNO2/c1-16-10-11-18(19(22)14-16)21(12-6-3-7-13-21)23-20(24)25-15-17-8-4-2-5-9-17/h2,4-5,8-11,14H,3,6-7,12-13,15H2,1H3,(H,23,24). The molecular weight excluding hydrogens is 378 g/mol. The number of halogens is 1. The summed E-state index contributed by atoms with van der Waals surface area (Å²) in [5.74, 6) is 0. The van der Waals surface area contributed by atoms with E-state index in [1.165, 1.54) is 12.0 Å². The molecule has 1 fully saturated rings. The fourth-order valence-electron chi connectivity index (χ4n) is 3.58. The summed E-state index contributed by atoms with van der Waals surface area (Å²) in [4.78, 5) is 12.5. The average molecular weight is 402 g/mol. The largest absolute Gasteiger partial charge is 0.445 e. The molecule has 0 heterocycles. The maximum absolute atomic E-state index is 12.5. The first-order valence-electron chi connectivity index (χ1n) is 8.85. The van der Waals surface area contributed by atoms with Gasteiger partial charge < -0.3 is 10.1 Å². The van der Waals surface area contributed by atoms with Gasteiger partial charge in [-0.05, 0) is 42.5 Å². The Labute approximate surface area is 157 Å². The topological polar surface area (TPSA) is 38.3 Å². The number of amides is 1. The fourth-order valence-corrected chi connectivity index (χ4v) is 4.45. The Balaban J connectivity index is 1.75. The van der Waals surface area contributed by atoms with Crippen molar-refractivity contribution in [2.45, 2.75) is 51.2 Å². The van der Waals surface area contributed by atoms with Crippen molar-refractivity contribution in [3.8, 4) is 0 Å². The van der Waals surface area contributed by atoms with Crippen molar-refractivity contribution in [3.05, 3.63) is 69.7 Å². The summed E-state index contributed by atoms with van der Waals surface area (Å²) in [6.07, 6.45) is 4.97. The monoisotopic (exact) mass is 401 g/mol. The number of carbonyl (C=O) groups excluding carboxylic acids is 1. The van der Waals surface area contributed by atoms with Gasteiger partial charge in [-0.25, -0.2) is 4.79 Å². The molecule has 132 valence electrons. The van der Waals surface area contributed by atoms with Crippen LogP contribution in [-0.2, 0) is 16.9 Å². The van der Waals surface area contributed by atoms with Gasteiger partial charge in [-0.15, -0.1) is 0 Å². The van der Waals surface area contributed by atoms with Gasteiger partial charge in [0, 0.05) is 4.47 Å². The molecule has 1 aliphatic rings. The summed E-state index contributed by atoms with van der Waals surface area (Å²) >= 11 is 3.69. The first-order valence-corrected chi connectivity index (χ1v) is 9.64. The summed E-state index contributed by atoms with van der Waals surface area (Å²) in [5.41, 5.74) is 2.99. The first-order chi connectivity index (χ1) is 12.1. The lowest BCUT2D eigenvalue weighted by molar-refractivity contribution is 0.117. The minimum atomic E-state index is -0.349. The summed E-state index contributed by atoms with van der Waals surface area (Å²) in [7, 11) is 0. The Hall–Kier alpha value is -1.81. The summed E-state index contributed by atoms with van der Waals surface area (Å²) in [6, 6.07) is 16.1. The zero-order valence-electron chi connectivity index (χ0n) is 14.6. The Bertz CT molecular complexity index is 724. The second-order valence-corrected chi connectivity index (χ2v) is 7.67. The molecule has 2 aromatic carbocycles. The third-order valence-electron chi connectivity index (χ3n) is 4.90. The Morgan fingerprint density at radius 3 is 2.52 bits per heavy atom. The maximum atomic E-state index is 12.5. The molecule has 2 aromatic rings. The molecule has 3 rings (SSSR count). The van der Waals surface area contributed by atoms with Gasteiger partial charge >= 0.3 is 6.09 Å². The molecule has 1 saturated carbocycles. The second-order valence-electron chi connectivity index (χ2n) is 6.81. The van der Waals surface area contributed by atoms with E-state index in [4.69, 9.17) is 4.74 Å². The molecule has 1 aliphatic carbocycles. The number of nitrogens with one attached hydrogen (secondary N) is 1. The van der Waals surface area contributed by atoms with E-state index in [0.29, 0.717) is 0 Å². The van der Waals surface area contributed by atoms with Crippen molar-refractivity contribution < 1.29 is 9.53 Å². The van der Waals surface area contributed by atoms with Crippen LogP contribution in [0.1, 0.15) is 48.8 Å². The Kier molecular flexibility index (Phi) is 5.79. The highest BCUT2D eigenvalue weighted by Gasteiger charge is 2.37. The van der Waals surface area contributed by atoms with Crippen LogP contribution in [0.2, 0.25) is 0 Å². The van der Waals surface area contributed by atoms with E-state index in [1.54, 1.807) is 0 Å². The maximum Gasteiger partial charge on any atom is 0.408 e. The van der Waals surface area contributed by atoms with Crippen LogP contribution in [-0.4, -0.2) is 6.09 Å². The Morgan fingerprint density at radius 2 is 1.84 bits per heavy atom. The lowest BCUT2D eigenvalue weighted by Crippen LogP contribution is -2.47. The second kappa shape index (κ2) is 8.05. The van der Waals surface area contributed by atoms with Crippen LogP contribution in [0.15, 0.2) is 53.0 Å². The van der Waals surface area contributed by atoms with Gasteiger partial charge in [0.1, 0.15) is 6.61 Å². The quantitative estimate of drug-likeness (QED) is 0.698. The molecule has 3 nitrogen and oxygen atoms in total. The number of alkyl carbamates (subject to hydrolysis) is 1. The van der Waals surface area contributed by atoms with Gasteiger partial charge in [0.25, 0.3) is 0 Å². The van der Waals surface area contributed by atoms with Crippen LogP contribution in [0.25, 0.3) is 0 Å². The number of rotatable bonds is 4. The van der Waals surface area contributed by atoms with E-state index in [9.17, 15) is 4.79 Å². The minimum absolute atomic E-state index is 0.290. The van der Waals surface area contributed by atoms with Crippen molar-refractivity contribution in [2.75, 3.05) is 0 Å². The number of hydrogen-bond acceptors (Lipinski definition) is 2. The minimum Gasteiger partial charge on any atom is -0.445 e. The summed E-state index contributed by atoms with van der Waals surface area (Å²) in [5, 5.41) is 3.19. The van der Waals surface area contributed by atoms with E-state index < -0.39 is 0 Å². The van der Waals surface area contributed by atoms with Crippen LogP contribution in [0, 0.1) is 6.92 Å². The molecule has 0 radical (unpaired) electrons. The van der Waals surface area contributed by atoms with E-state index in [1.807, 2.05) is 30.3 Å². The van der Waals surface area contributed by atoms with E-state index in [-0.39, 0.29) is 18.2 Å². The third-order valence-corrected chi connectivity index (χ3v) is 5.56. The lowest BCUT2D eigenvalue weighted by Gasteiger charge is -2.39. The molecule has 0 spiro atoms. The van der Waals surface area contributed by atoms with Gasteiger partial charge in [0.2, 0.25) is 0 Å². The molecule has 1 N–H and O–H groups in total. The number of hydrogen-bond donors (Lipinski definition) is 1. The molecule has 0 saturated heterocycles. The molecule has 25 heavy (non-hydrogen) atoms. The molecule has 0 bridgehead atoms. The number of carbonyl (C=O) groups is 1. The van der Waals surface area contributed by atoms with Crippen LogP contribution >= 0.6 is 15.9 Å². The molecule has 0 unspecified atom stereocenters. The molecule has 4 heteroatoms. The summed E-state index contributed by atoms with van der Waals surface area (Å²) < 4.78 is 6.53. The van der Waals surface area contributed by atoms with Crippen LogP contribution < -0.4 is 5.32 Å². The van der Waals surface area contributed by atoms with Gasteiger partial charge in [-0.1, -0.05) is 77.7 Å². The fraction of sp³-hybridized carbons (Fsp3) is 0.381. The third kappa shape index (κ3) is 4.43. The average Bonchev–Trinajstić information content (AvgIpc) is 2.61. The van der Waals surface area contributed by atoms with Crippen LogP contribution in [0.3, 0.4) is 0 Å². The molecule has 0 aromatic heterocycles. The first kappa shape index (κ1) is 18.0. The van der Waals surface area contributed by atoms with Gasteiger partial charge in [-0.3, -0.25) is 0 Å². The molecule has 0 atom stereocenters. The van der Waals surface area contributed by atoms with Crippen molar-refractivity contribution in [1.82, 2.24) is 5.32 Å². The zero-order valence-corrected chi connectivity index (χ0v) is 16.1. The van der Waals surface area contributed by atoms with Gasteiger partial charge in [0.15, 0.2) is 0 Å². The number of ether oxygens (including phenoxy) is 1. The van der Waals surface area contributed by atoms with Crippen molar-refractivity contribution in [2.24, 2.45) is 0 Å². The number of aryl methyl sites for hydroxylation is 1. The highest BCUT2D eigenvalue weighted by molar-refractivity contribution is 9.10. The summed E-state index contributed by atoms with van der Waals surface area (Å²) in [6.45, 7) is 2.36. The van der Waals surface area contributed by atoms with Crippen LogP contribution in [0.4, 0.5) is 4.79 Å². The van der Waals surface area contributed by atoms with Crippen LogP contribution in [0.5, 0.6) is 0 Å². The molecular formula is C21H24BrNO2. The normalized spacial score (nSPS) is 16.2. The van der Waals surface area contributed by atoms with E-state index >= 15 is 0 Å². The van der Waals surface area contributed by atoms with E-state index in [0.717, 1.165) is 41.3 Å². The SMILES string of the molecule is Cc1ccc(C2(NC(=O)OCc3ccccc3)CCCCC2)c(Br)c1. The highest BCUT2D eigenvalue weighted by Crippen LogP contribution is 2.40. The predicted molar refractivity (Wildman–Crippen MR) is 103 cm³/mol. The van der Waals surface area contributed by atoms with Gasteiger partial charge in [0.05, 0.1) is 5.54 Å². The lowest BCUT2D eigenvalue weighted by atomic mass is 9.76. The number of benzene rings is 2. The van der Waals surface area contributed by atoms with Crippen molar-refractivity contribution >= 4 is 22.0 Å². The van der Waals surface area contributed by atoms with Gasteiger partial charge in [-0.2, -0.15) is 0 Å². The molecule has 0 aliphatic heterocycles. The smallest absolute Gasteiger partial charge is 0.408 e. The zero-order chi connectivity index (χ0) is 17.7. The van der Waals surface area contributed by atoms with Crippen molar-refractivity contribution in [1.29, 1.82) is 0 Å². The predicted octanol–water partition coefficient (Wildman–Crippen LogP) is 5.84. The highest BCUT2D eigenvalue weighted by atomic mass is 79.9.